The lowest BCUT2D eigenvalue weighted by molar-refractivity contribution is -0.164. The van der Waals surface area contributed by atoms with Crippen molar-refractivity contribution in [1.82, 2.24) is 5.32 Å². The molecule has 2 aliphatic rings. The molecule has 0 bridgehead atoms. The van der Waals surface area contributed by atoms with E-state index in [4.69, 9.17) is 21.6 Å². The summed E-state index contributed by atoms with van der Waals surface area (Å²) in [6.45, 7) is 9.91. The number of nitrogens with one attached hydrogen (secondary N) is 1. The van der Waals surface area contributed by atoms with Crippen LogP contribution in [0.1, 0.15) is 50.0 Å². The molecule has 2 aromatic carbocycles. The normalized spacial score (nSPS) is 24.6. The number of aldehydes is 1. The average Bonchev–Trinajstić information content (AvgIpc) is 3.30. The highest BCUT2D eigenvalue weighted by atomic mass is 35.5. The van der Waals surface area contributed by atoms with Crippen molar-refractivity contribution in [3.8, 4) is 11.8 Å². The van der Waals surface area contributed by atoms with E-state index in [1.54, 1.807) is 18.2 Å². The van der Waals surface area contributed by atoms with E-state index in [1.807, 2.05) is 24.3 Å². The number of hydrogen-bond donors (Lipinski definition) is 1. The summed E-state index contributed by atoms with van der Waals surface area (Å²) >= 11 is 6.17. The lowest BCUT2D eigenvalue weighted by Gasteiger charge is -2.63. The standard InChI is InChI=1S/C27H30ClN3O3/c1-26(2)24(27(3,4)25(26)34-21-10-7-19(14-29)22(28)13-21)30-23(33)18-5-8-20(9-6-18)31-12-11-17(15-31)16-32/h5-10,13,16-17,24-25H,11-12,15H2,1-4H3,(H,30,33)/t17?,24-,25-. The minimum absolute atomic E-state index is 0.0847. The first-order valence-electron chi connectivity index (χ1n) is 11.6. The molecule has 7 heteroatoms. The van der Waals surface area contributed by atoms with Crippen LogP contribution in [0.2, 0.25) is 5.02 Å². The van der Waals surface area contributed by atoms with Gasteiger partial charge < -0.3 is 19.7 Å². The second kappa shape index (κ2) is 8.96. The summed E-state index contributed by atoms with van der Waals surface area (Å²) in [6.07, 6.45) is 1.74. The topological polar surface area (TPSA) is 82.4 Å². The first kappa shape index (κ1) is 24.1. The number of amides is 1. The van der Waals surface area contributed by atoms with Crippen molar-refractivity contribution < 1.29 is 14.3 Å². The van der Waals surface area contributed by atoms with Crippen LogP contribution in [0, 0.1) is 28.1 Å². The first-order valence-corrected chi connectivity index (χ1v) is 11.9. The Morgan fingerprint density at radius 1 is 1.18 bits per heavy atom. The molecule has 1 aliphatic carbocycles. The smallest absolute Gasteiger partial charge is 0.251 e. The Labute approximate surface area is 205 Å². The van der Waals surface area contributed by atoms with E-state index in [1.165, 1.54) is 0 Å². The number of halogens is 1. The molecule has 2 aromatic rings. The molecule has 0 radical (unpaired) electrons. The van der Waals surface area contributed by atoms with E-state index >= 15 is 0 Å². The van der Waals surface area contributed by atoms with Gasteiger partial charge in [-0.15, -0.1) is 0 Å². The van der Waals surface area contributed by atoms with E-state index in [0.29, 0.717) is 21.9 Å². The fourth-order valence-corrected chi connectivity index (χ4v) is 5.98. The van der Waals surface area contributed by atoms with Crippen LogP contribution >= 0.6 is 11.6 Å². The predicted octanol–water partition coefficient (Wildman–Crippen LogP) is 4.85. The van der Waals surface area contributed by atoms with Crippen LogP contribution in [0.4, 0.5) is 5.69 Å². The number of anilines is 1. The maximum absolute atomic E-state index is 13.1. The molecule has 0 spiro atoms. The molecule has 0 aromatic heterocycles. The van der Waals surface area contributed by atoms with Crippen LogP contribution in [0.15, 0.2) is 42.5 Å². The van der Waals surface area contributed by atoms with Gasteiger partial charge in [-0.05, 0) is 42.8 Å². The fourth-order valence-electron chi connectivity index (χ4n) is 5.77. The number of rotatable bonds is 6. The van der Waals surface area contributed by atoms with E-state index in [-0.39, 0.29) is 34.8 Å². The van der Waals surface area contributed by atoms with Gasteiger partial charge in [0, 0.05) is 53.2 Å². The van der Waals surface area contributed by atoms with E-state index in [2.05, 4.69) is 44.0 Å². The van der Waals surface area contributed by atoms with Gasteiger partial charge in [-0.3, -0.25) is 4.79 Å². The number of hydrogen-bond acceptors (Lipinski definition) is 5. The SMILES string of the molecule is CC1(C)[C@H](NC(=O)c2ccc(N3CCC(C=O)C3)cc2)C(C)(C)[C@H]1Oc1ccc(C#N)c(Cl)c1. The van der Waals surface area contributed by atoms with Gasteiger partial charge in [0.25, 0.3) is 5.91 Å². The summed E-state index contributed by atoms with van der Waals surface area (Å²) in [6, 6.07) is 14.6. The second-order valence-corrected chi connectivity index (χ2v) is 10.9. The summed E-state index contributed by atoms with van der Waals surface area (Å²) in [7, 11) is 0. The highest BCUT2D eigenvalue weighted by molar-refractivity contribution is 6.31. The zero-order valence-electron chi connectivity index (χ0n) is 20.0. The van der Waals surface area contributed by atoms with Crippen LogP contribution in [0.3, 0.4) is 0 Å². The number of carbonyl (C=O) groups excluding carboxylic acids is 2. The third-order valence-corrected chi connectivity index (χ3v) is 7.65. The van der Waals surface area contributed by atoms with Gasteiger partial charge in [-0.25, -0.2) is 0 Å². The monoisotopic (exact) mass is 479 g/mol. The molecule has 1 saturated carbocycles. The fraction of sp³-hybridized carbons (Fsp3) is 0.444. The van der Waals surface area contributed by atoms with Crippen molar-refractivity contribution in [1.29, 1.82) is 5.26 Å². The zero-order chi connectivity index (χ0) is 24.7. The summed E-state index contributed by atoms with van der Waals surface area (Å²) in [5.41, 5.74) is 1.40. The third-order valence-electron chi connectivity index (χ3n) is 7.34. The summed E-state index contributed by atoms with van der Waals surface area (Å²) in [4.78, 5) is 26.3. The molecule has 1 amide bonds. The van der Waals surface area contributed by atoms with Gasteiger partial charge in [0.1, 0.15) is 24.2 Å². The Morgan fingerprint density at radius 2 is 1.85 bits per heavy atom. The number of ether oxygens (including phenoxy) is 1. The first-order chi connectivity index (χ1) is 16.1. The lowest BCUT2D eigenvalue weighted by Crippen LogP contribution is -2.74. The van der Waals surface area contributed by atoms with Crippen molar-refractivity contribution in [2.24, 2.45) is 16.7 Å². The van der Waals surface area contributed by atoms with E-state index in [9.17, 15) is 9.59 Å². The Hall–Kier alpha value is -3.04. The zero-order valence-corrected chi connectivity index (χ0v) is 20.7. The summed E-state index contributed by atoms with van der Waals surface area (Å²) < 4.78 is 6.29. The molecular weight excluding hydrogens is 450 g/mol. The Kier molecular flexibility index (Phi) is 6.35. The van der Waals surface area contributed by atoms with Crippen molar-refractivity contribution in [3.63, 3.8) is 0 Å². The van der Waals surface area contributed by atoms with Gasteiger partial charge in [0.05, 0.1) is 10.6 Å². The van der Waals surface area contributed by atoms with Crippen LogP contribution < -0.4 is 15.0 Å². The number of nitriles is 1. The molecule has 6 nitrogen and oxygen atoms in total. The third kappa shape index (κ3) is 4.25. The van der Waals surface area contributed by atoms with Crippen LogP contribution in [-0.2, 0) is 4.79 Å². The maximum Gasteiger partial charge on any atom is 0.251 e. The van der Waals surface area contributed by atoms with Crippen molar-refractivity contribution in [2.45, 2.75) is 46.3 Å². The Bertz CT molecular complexity index is 1120. The largest absolute Gasteiger partial charge is 0.489 e. The van der Waals surface area contributed by atoms with Gasteiger partial charge in [0.15, 0.2) is 0 Å². The summed E-state index contributed by atoms with van der Waals surface area (Å²) in [5.74, 6) is 0.570. The van der Waals surface area contributed by atoms with Gasteiger partial charge in [-0.1, -0.05) is 39.3 Å². The predicted molar refractivity (Wildman–Crippen MR) is 132 cm³/mol. The molecule has 2 fully saturated rings. The minimum atomic E-state index is -0.321. The quantitative estimate of drug-likeness (QED) is 0.599. The molecule has 1 N–H and O–H groups in total. The van der Waals surface area contributed by atoms with Crippen LogP contribution in [0.25, 0.3) is 0 Å². The second-order valence-electron chi connectivity index (χ2n) is 10.5. The molecular formula is C27H30ClN3O3. The molecule has 178 valence electrons. The Morgan fingerprint density at radius 3 is 2.41 bits per heavy atom. The molecule has 1 saturated heterocycles. The van der Waals surface area contributed by atoms with Crippen molar-refractivity contribution >= 4 is 29.5 Å². The lowest BCUT2D eigenvalue weighted by atomic mass is 9.49. The van der Waals surface area contributed by atoms with Crippen molar-refractivity contribution in [2.75, 3.05) is 18.0 Å². The molecule has 4 rings (SSSR count). The minimum Gasteiger partial charge on any atom is -0.489 e. The average molecular weight is 480 g/mol. The summed E-state index contributed by atoms with van der Waals surface area (Å²) in [5, 5.41) is 12.7. The number of carbonyl (C=O) groups is 2. The maximum atomic E-state index is 13.1. The molecule has 1 unspecified atom stereocenters. The Balaban J connectivity index is 1.42. The van der Waals surface area contributed by atoms with Gasteiger partial charge in [0.2, 0.25) is 0 Å². The number of benzene rings is 2. The van der Waals surface area contributed by atoms with Crippen molar-refractivity contribution in [3.05, 3.63) is 58.6 Å². The molecule has 34 heavy (non-hydrogen) atoms. The van der Waals surface area contributed by atoms with Gasteiger partial charge in [-0.2, -0.15) is 5.26 Å². The van der Waals surface area contributed by atoms with Crippen LogP contribution in [-0.4, -0.2) is 37.4 Å². The van der Waals surface area contributed by atoms with E-state index in [0.717, 1.165) is 31.5 Å². The van der Waals surface area contributed by atoms with Gasteiger partial charge >= 0.3 is 0 Å². The van der Waals surface area contributed by atoms with Crippen LogP contribution in [0.5, 0.6) is 5.75 Å². The number of nitrogens with zero attached hydrogens (tertiary/aromatic N) is 2. The molecule has 1 aliphatic heterocycles. The van der Waals surface area contributed by atoms with E-state index < -0.39 is 0 Å². The molecule has 1 atom stereocenters. The highest BCUT2D eigenvalue weighted by Crippen LogP contribution is 2.55. The molecule has 1 heterocycles. The highest BCUT2D eigenvalue weighted by Gasteiger charge is 2.64.